The van der Waals surface area contributed by atoms with Gasteiger partial charge in [-0.2, -0.15) is 0 Å². The number of benzene rings is 1. The van der Waals surface area contributed by atoms with Crippen LogP contribution in [0.1, 0.15) is 26.2 Å². The number of rotatable bonds is 3. The van der Waals surface area contributed by atoms with Gasteiger partial charge in [0.2, 0.25) is 11.8 Å². The van der Waals surface area contributed by atoms with Gasteiger partial charge in [0.15, 0.2) is 0 Å². The summed E-state index contributed by atoms with van der Waals surface area (Å²) in [6.45, 7) is 2.29. The van der Waals surface area contributed by atoms with Gasteiger partial charge >= 0.3 is 0 Å². The van der Waals surface area contributed by atoms with Crippen molar-refractivity contribution in [2.75, 3.05) is 11.4 Å². The first-order valence-electron chi connectivity index (χ1n) is 6.58. The molecule has 0 saturated carbocycles. The third-order valence-electron chi connectivity index (χ3n) is 3.24. The summed E-state index contributed by atoms with van der Waals surface area (Å²) in [6, 6.07) is 3.82. The normalized spacial score (nSPS) is 19.8. The quantitative estimate of drug-likeness (QED) is 0.807. The van der Waals surface area contributed by atoms with E-state index in [2.05, 4.69) is 5.32 Å². The predicted octanol–water partition coefficient (Wildman–Crippen LogP) is 2.45. The van der Waals surface area contributed by atoms with E-state index in [4.69, 9.17) is 0 Å². The second-order valence-corrected chi connectivity index (χ2v) is 5.91. The van der Waals surface area contributed by atoms with Crippen LogP contribution in [0.15, 0.2) is 18.2 Å². The molecule has 0 spiro atoms. The maximum atomic E-state index is 13.2. The first-order chi connectivity index (χ1) is 9.52. The summed E-state index contributed by atoms with van der Waals surface area (Å²) in [6.07, 6.45) is 1.68. The molecule has 1 N–H and O–H groups in total. The smallest absolute Gasteiger partial charge is 0.249 e. The topological polar surface area (TPSA) is 49.4 Å². The van der Waals surface area contributed by atoms with Crippen LogP contribution in [-0.4, -0.2) is 24.4 Å². The molecular weight excluding hydrogens is 374 g/mol. The Balaban J connectivity index is 2.33. The average Bonchev–Trinajstić information content (AvgIpc) is 2.52. The molecule has 108 valence electrons. The molecule has 0 aromatic heterocycles. The van der Waals surface area contributed by atoms with Crippen molar-refractivity contribution in [3.05, 3.63) is 27.6 Å². The maximum Gasteiger partial charge on any atom is 0.249 e. The molecule has 1 aromatic rings. The van der Waals surface area contributed by atoms with Crippen LogP contribution in [0.25, 0.3) is 0 Å². The van der Waals surface area contributed by atoms with Crippen LogP contribution in [0.4, 0.5) is 10.1 Å². The van der Waals surface area contributed by atoms with Crippen LogP contribution in [0.2, 0.25) is 0 Å². The van der Waals surface area contributed by atoms with Crippen LogP contribution in [0.3, 0.4) is 0 Å². The summed E-state index contributed by atoms with van der Waals surface area (Å²) in [5, 5.41) is 2.75. The van der Waals surface area contributed by atoms with E-state index in [-0.39, 0.29) is 24.1 Å². The molecule has 0 radical (unpaired) electrons. The zero-order valence-corrected chi connectivity index (χ0v) is 13.3. The minimum absolute atomic E-state index is 0.114. The number of hydrogen-bond acceptors (Lipinski definition) is 2. The highest BCUT2D eigenvalue weighted by atomic mass is 127. The highest BCUT2D eigenvalue weighted by Crippen LogP contribution is 2.25. The molecule has 1 aromatic carbocycles. The fourth-order valence-corrected chi connectivity index (χ4v) is 3.03. The lowest BCUT2D eigenvalue weighted by Crippen LogP contribution is -2.44. The van der Waals surface area contributed by atoms with E-state index in [0.29, 0.717) is 22.2 Å². The molecule has 6 heteroatoms. The zero-order chi connectivity index (χ0) is 14.7. The Morgan fingerprint density at radius 3 is 2.85 bits per heavy atom. The number of hydrogen-bond donors (Lipinski definition) is 1. The fourth-order valence-electron chi connectivity index (χ4n) is 2.26. The van der Waals surface area contributed by atoms with Gasteiger partial charge in [0.05, 0.1) is 5.69 Å². The molecule has 2 rings (SSSR count). The average molecular weight is 390 g/mol. The molecule has 2 amide bonds. The van der Waals surface area contributed by atoms with Crippen molar-refractivity contribution in [3.63, 3.8) is 0 Å². The van der Waals surface area contributed by atoms with E-state index in [1.165, 1.54) is 12.1 Å². The van der Waals surface area contributed by atoms with Gasteiger partial charge in [-0.1, -0.05) is 13.3 Å². The molecule has 1 atom stereocenters. The third-order valence-corrected chi connectivity index (χ3v) is 4.10. The highest BCUT2D eigenvalue weighted by molar-refractivity contribution is 14.1. The first kappa shape index (κ1) is 15.2. The monoisotopic (exact) mass is 390 g/mol. The minimum Gasteiger partial charge on any atom is -0.344 e. The molecule has 1 aliphatic rings. The van der Waals surface area contributed by atoms with Crippen LogP contribution < -0.4 is 10.2 Å². The molecule has 1 heterocycles. The highest BCUT2D eigenvalue weighted by Gasteiger charge is 2.30. The number of halogens is 2. The lowest BCUT2D eigenvalue weighted by atomic mass is 10.1. The van der Waals surface area contributed by atoms with Gasteiger partial charge in [-0.3, -0.25) is 9.59 Å². The van der Waals surface area contributed by atoms with E-state index in [9.17, 15) is 14.0 Å². The lowest BCUT2D eigenvalue weighted by molar-refractivity contribution is -0.125. The minimum atomic E-state index is -0.490. The van der Waals surface area contributed by atoms with Gasteiger partial charge in [-0.15, -0.1) is 0 Å². The van der Waals surface area contributed by atoms with Gasteiger partial charge in [-0.05, 0) is 47.2 Å². The van der Waals surface area contributed by atoms with Crippen LogP contribution in [0, 0.1) is 9.39 Å². The van der Waals surface area contributed by atoms with Crippen molar-refractivity contribution in [1.29, 1.82) is 0 Å². The Labute approximate surface area is 130 Å². The molecule has 20 heavy (non-hydrogen) atoms. The number of nitrogens with zero attached hydrogens (tertiary/aromatic N) is 1. The second-order valence-electron chi connectivity index (χ2n) is 4.74. The van der Waals surface area contributed by atoms with E-state index >= 15 is 0 Å². The second kappa shape index (κ2) is 6.51. The SMILES string of the molecule is CCCC1NC(=O)CCN(c2ccc(F)cc2I)C1=O. The number of amides is 2. The van der Waals surface area contributed by atoms with Crippen molar-refractivity contribution in [2.24, 2.45) is 0 Å². The van der Waals surface area contributed by atoms with Crippen LogP contribution in [-0.2, 0) is 9.59 Å². The third kappa shape index (κ3) is 3.28. The molecule has 1 saturated heterocycles. The molecular formula is C14H16FIN2O2. The maximum absolute atomic E-state index is 13.2. The summed E-state index contributed by atoms with van der Waals surface area (Å²) in [5.41, 5.74) is 0.662. The van der Waals surface area contributed by atoms with Gasteiger partial charge in [0.1, 0.15) is 11.9 Å². The van der Waals surface area contributed by atoms with Gasteiger partial charge in [0, 0.05) is 16.5 Å². The Morgan fingerprint density at radius 1 is 1.45 bits per heavy atom. The molecule has 4 nitrogen and oxygen atoms in total. The largest absolute Gasteiger partial charge is 0.344 e. The summed E-state index contributed by atoms with van der Waals surface area (Å²) < 4.78 is 13.8. The van der Waals surface area contributed by atoms with Crippen molar-refractivity contribution in [3.8, 4) is 0 Å². The van der Waals surface area contributed by atoms with Gasteiger partial charge in [0.25, 0.3) is 0 Å². The Morgan fingerprint density at radius 2 is 2.20 bits per heavy atom. The Kier molecular flexibility index (Phi) is 4.95. The van der Waals surface area contributed by atoms with Crippen LogP contribution >= 0.6 is 22.6 Å². The fraction of sp³-hybridized carbons (Fsp3) is 0.429. The summed E-state index contributed by atoms with van der Waals surface area (Å²) in [7, 11) is 0. The number of nitrogens with one attached hydrogen (secondary N) is 1. The van der Waals surface area contributed by atoms with E-state index in [1.54, 1.807) is 11.0 Å². The van der Waals surface area contributed by atoms with Gasteiger partial charge < -0.3 is 10.2 Å². The van der Waals surface area contributed by atoms with Crippen molar-refractivity contribution in [1.82, 2.24) is 5.32 Å². The lowest BCUT2D eigenvalue weighted by Gasteiger charge is -2.25. The van der Waals surface area contributed by atoms with E-state index in [0.717, 1.165) is 6.42 Å². The number of carbonyl (C=O) groups is 2. The van der Waals surface area contributed by atoms with E-state index < -0.39 is 6.04 Å². The molecule has 0 bridgehead atoms. The summed E-state index contributed by atoms with van der Waals surface area (Å²) in [4.78, 5) is 25.8. The number of carbonyl (C=O) groups excluding carboxylic acids is 2. The summed E-state index contributed by atoms with van der Waals surface area (Å²) >= 11 is 2.01. The molecule has 1 aliphatic heterocycles. The summed E-state index contributed by atoms with van der Waals surface area (Å²) in [5.74, 6) is -0.571. The molecule has 0 aliphatic carbocycles. The number of anilines is 1. The van der Waals surface area contributed by atoms with Crippen molar-refractivity contribution < 1.29 is 14.0 Å². The van der Waals surface area contributed by atoms with Gasteiger partial charge in [-0.25, -0.2) is 4.39 Å². The van der Waals surface area contributed by atoms with E-state index in [1.807, 2.05) is 29.5 Å². The Hall–Kier alpha value is -1.18. The zero-order valence-electron chi connectivity index (χ0n) is 11.2. The molecule has 1 fully saturated rings. The Bertz CT molecular complexity index is 536. The molecule has 1 unspecified atom stereocenters. The predicted molar refractivity (Wildman–Crippen MR) is 82.9 cm³/mol. The standard InChI is InChI=1S/C14H16FIN2O2/c1-2-3-11-14(20)18(7-6-13(19)17-11)12-5-4-9(15)8-10(12)16/h4-5,8,11H,2-3,6-7H2,1H3,(H,17,19). The van der Waals surface area contributed by atoms with Crippen molar-refractivity contribution in [2.45, 2.75) is 32.2 Å². The van der Waals surface area contributed by atoms with Crippen molar-refractivity contribution >= 4 is 40.1 Å². The first-order valence-corrected chi connectivity index (χ1v) is 7.66. The van der Waals surface area contributed by atoms with Crippen LogP contribution in [0.5, 0.6) is 0 Å².